The number of hydrogen-bond donors (Lipinski definition) is 1. The first-order chi connectivity index (χ1) is 18.0. The van der Waals surface area contributed by atoms with Crippen LogP contribution < -0.4 is 14.5 Å². The van der Waals surface area contributed by atoms with Gasteiger partial charge in [-0.2, -0.15) is 0 Å². The van der Waals surface area contributed by atoms with E-state index in [1.165, 1.54) is 4.90 Å². The van der Waals surface area contributed by atoms with Gasteiger partial charge in [0.1, 0.15) is 18.1 Å². The van der Waals surface area contributed by atoms with Crippen LogP contribution in [0.3, 0.4) is 0 Å². The molecule has 0 radical (unpaired) electrons. The van der Waals surface area contributed by atoms with Crippen LogP contribution in [0.4, 0.5) is 11.4 Å². The van der Waals surface area contributed by atoms with Gasteiger partial charge < -0.3 is 14.7 Å². The summed E-state index contributed by atoms with van der Waals surface area (Å²) in [6, 6.07) is 17.6. The molecule has 0 bridgehead atoms. The maximum atomic E-state index is 13.5. The molecule has 1 unspecified atom stereocenters. The third-order valence-corrected chi connectivity index (χ3v) is 7.71. The largest absolute Gasteiger partial charge is 0.507 e. The van der Waals surface area contributed by atoms with E-state index in [0.29, 0.717) is 40.7 Å². The number of ketones is 1. The Hall–Kier alpha value is -3.77. The van der Waals surface area contributed by atoms with Crippen LogP contribution >= 0.6 is 11.6 Å². The Morgan fingerprint density at radius 3 is 2.39 bits per heavy atom. The molecule has 0 saturated carbocycles. The number of likely N-dealkylation sites (N-methyl/N-ethyl adjacent to an activating group) is 1. The van der Waals surface area contributed by atoms with E-state index in [9.17, 15) is 14.7 Å². The second-order valence-corrected chi connectivity index (χ2v) is 11.3. The van der Waals surface area contributed by atoms with Gasteiger partial charge in [-0.3, -0.25) is 14.5 Å². The molecule has 3 aromatic carbocycles. The van der Waals surface area contributed by atoms with Gasteiger partial charge in [0.25, 0.3) is 11.7 Å². The molecule has 1 N–H and O–H groups in total. The Balaban J connectivity index is 1.70. The Kier molecular flexibility index (Phi) is 6.48. The van der Waals surface area contributed by atoms with Crippen LogP contribution in [0.15, 0.2) is 66.2 Å². The lowest BCUT2D eigenvalue weighted by Gasteiger charge is -2.28. The van der Waals surface area contributed by atoms with Gasteiger partial charge in [0.15, 0.2) is 0 Å². The lowest BCUT2D eigenvalue weighted by Crippen LogP contribution is -2.29. The smallest absolute Gasteiger partial charge is 0.300 e. The van der Waals surface area contributed by atoms with Crippen LogP contribution in [0.25, 0.3) is 5.76 Å². The first-order valence-electron chi connectivity index (χ1n) is 12.6. The lowest BCUT2D eigenvalue weighted by atomic mass is 9.85. The van der Waals surface area contributed by atoms with Gasteiger partial charge in [0.05, 0.1) is 23.8 Å². The predicted octanol–water partition coefficient (Wildman–Crippen LogP) is 6.40. The van der Waals surface area contributed by atoms with Gasteiger partial charge in [0, 0.05) is 23.3 Å². The summed E-state index contributed by atoms with van der Waals surface area (Å²) in [7, 11) is 1.95. The van der Waals surface area contributed by atoms with Crippen LogP contribution in [-0.2, 0) is 15.0 Å². The molecular formula is C31H31ClN2O4. The quantitative estimate of drug-likeness (QED) is 0.241. The number of fused-ring (bicyclic) bond motifs is 1. The Morgan fingerprint density at radius 1 is 1.03 bits per heavy atom. The molecule has 2 heterocycles. The second kappa shape index (κ2) is 9.52. The number of aryl methyl sites for hydroxylation is 1. The van der Waals surface area contributed by atoms with Crippen LogP contribution in [0.5, 0.6) is 5.75 Å². The molecular weight excluding hydrogens is 500 g/mol. The topological polar surface area (TPSA) is 70.1 Å². The Labute approximate surface area is 228 Å². The lowest BCUT2D eigenvalue weighted by molar-refractivity contribution is -0.132. The van der Waals surface area contributed by atoms with E-state index in [1.54, 1.807) is 30.3 Å². The molecule has 196 valence electrons. The zero-order valence-corrected chi connectivity index (χ0v) is 23.0. The molecule has 2 aliphatic heterocycles. The van der Waals surface area contributed by atoms with Gasteiger partial charge >= 0.3 is 0 Å². The summed E-state index contributed by atoms with van der Waals surface area (Å²) in [5, 5.41) is 12.1. The van der Waals surface area contributed by atoms with Crippen molar-refractivity contribution in [3.8, 4) is 5.75 Å². The summed E-state index contributed by atoms with van der Waals surface area (Å²) in [6.45, 7) is 9.52. The third kappa shape index (κ3) is 4.43. The van der Waals surface area contributed by atoms with Gasteiger partial charge in [-0.15, -0.1) is 0 Å². The van der Waals surface area contributed by atoms with Crippen molar-refractivity contribution in [3.63, 3.8) is 0 Å². The number of halogens is 1. The van der Waals surface area contributed by atoms with E-state index < -0.39 is 17.7 Å². The Morgan fingerprint density at radius 2 is 1.74 bits per heavy atom. The van der Waals surface area contributed by atoms with Crippen LogP contribution in [0.2, 0.25) is 5.02 Å². The highest BCUT2D eigenvalue weighted by atomic mass is 35.5. The minimum absolute atomic E-state index is 0.0366. The molecule has 3 aromatic rings. The molecule has 2 aliphatic rings. The van der Waals surface area contributed by atoms with E-state index in [4.69, 9.17) is 16.3 Å². The number of hydrogen-bond acceptors (Lipinski definition) is 5. The molecule has 1 amide bonds. The van der Waals surface area contributed by atoms with Crippen LogP contribution in [0.1, 0.15) is 49.1 Å². The van der Waals surface area contributed by atoms with Crippen molar-refractivity contribution in [2.24, 2.45) is 0 Å². The molecule has 0 aliphatic carbocycles. The minimum Gasteiger partial charge on any atom is -0.507 e. The summed E-state index contributed by atoms with van der Waals surface area (Å²) in [4.78, 5) is 30.5. The second-order valence-electron chi connectivity index (χ2n) is 10.9. The molecule has 6 nitrogen and oxygen atoms in total. The van der Waals surface area contributed by atoms with Crippen LogP contribution in [-0.4, -0.2) is 37.0 Å². The first-order valence-corrected chi connectivity index (χ1v) is 13.0. The molecule has 7 heteroatoms. The number of amides is 1. The number of benzene rings is 3. The molecule has 38 heavy (non-hydrogen) atoms. The van der Waals surface area contributed by atoms with Gasteiger partial charge in [-0.25, -0.2) is 0 Å². The molecule has 1 saturated heterocycles. The van der Waals surface area contributed by atoms with E-state index in [2.05, 4.69) is 20.8 Å². The van der Waals surface area contributed by atoms with E-state index in [0.717, 1.165) is 16.8 Å². The van der Waals surface area contributed by atoms with Crippen molar-refractivity contribution in [3.05, 3.63) is 93.5 Å². The molecule has 5 rings (SSSR count). The van der Waals surface area contributed by atoms with Crippen molar-refractivity contribution in [1.82, 2.24) is 0 Å². The number of nitrogens with zero attached hydrogens (tertiary/aromatic N) is 2. The number of aliphatic hydroxyl groups is 1. The zero-order valence-electron chi connectivity index (χ0n) is 22.2. The fourth-order valence-corrected chi connectivity index (χ4v) is 5.14. The highest BCUT2D eigenvalue weighted by Crippen LogP contribution is 2.44. The van der Waals surface area contributed by atoms with E-state index in [-0.39, 0.29) is 16.7 Å². The van der Waals surface area contributed by atoms with Gasteiger partial charge in [-0.05, 0) is 59.4 Å². The van der Waals surface area contributed by atoms with Crippen LogP contribution in [0, 0.1) is 6.92 Å². The van der Waals surface area contributed by atoms with Gasteiger partial charge in [-0.1, -0.05) is 62.7 Å². The van der Waals surface area contributed by atoms with E-state index >= 15 is 0 Å². The maximum absolute atomic E-state index is 13.5. The van der Waals surface area contributed by atoms with E-state index in [1.807, 2.05) is 49.2 Å². The number of carbonyl (C=O) groups excluding carboxylic acids is 2. The summed E-state index contributed by atoms with van der Waals surface area (Å²) in [6.07, 6.45) is 0. The highest BCUT2D eigenvalue weighted by molar-refractivity contribution is 6.51. The SMILES string of the molecule is Cc1ccc(N2C(=O)C(=O)/C(=C(\O)c3ccc4c(c3)N(C)CCO4)C2c2ccc(C(C)(C)C)cc2)cc1Cl. The molecule has 0 spiro atoms. The molecule has 0 aromatic heterocycles. The van der Waals surface area contributed by atoms with Crippen molar-refractivity contribution in [2.45, 2.75) is 39.2 Å². The molecule has 1 fully saturated rings. The average molecular weight is 531 g/mol. The number of rotatable bonds is 3. The highest BCUT2D eigenvalue weighted by Gasteiger charge is 2.47. The number of ether oxygens (including phenoxy) is 1. The van der Waals surface area contributed by atoms with Crippen molar-refractivity contribution in [2.75, 3.05) is 30.0 Å². The average Bonchev–Trinajstić information content (AvgIpc) is 3.15. The zero-order chi connectivity index (χ0) is 27.4. The van der Waals surface area contributed by atoms with Crippen molar-refractivity contribution < 1.29 is 19.4 Å². The summed E-state index contributed by atoms with van der Waals surface area (Å²) < 4.78 is 5.74. The summed E-state index contributed by atoms with van der Waals surface area (Å²) in [5.74, 6) is -0.976. The first kappa shape index (κ1) is 25.9. The van der Waals surface area contributed by atoms with Crippen molar-refractivity contribution >= 4 is 40.4 Å². The Bertz CT molecular complexity index is 1470. The van der Waals surface area contributed by atoms with Crippen molar-refractivity contribution in [1.29, 1.82) is 0 Å². The van der Waals surface area contributed by atoms with Gasteiger partial charge in [0.2, 0.25) is 0 Å². The molecule has 1 atom stereocenters. The number of carbonyl (C=O) groups is 2. The minimum atomic E-state index is -0.826. The standard InChI is InChI=1S/C31H31ClN2O4/c1-18-6-12-22(17-23(18)32)34-27(19-7-10-21(11-8-19)31(2,3)4)26(29(36)30(34)37)28(35)20-9-13-25-24(16-20)33(5)14-15-38-25/h6-13,16-17,27,35H,14-15H2,1-5H3/b28-26-. The number of aliphatic hydroxyl groups excluding tert-OH is 1. The summed E-state index contributed by atoms with van der Waals surface area (Å²) in [5.41, 5.74) is 4.41. The fraction of sp³-hybridized carbons (Fsp3) is 0.290. The maximum Gasteiger partial charge on any atom is 0.300 e. The fourth-order valence-electron chi connectivity index (χ4n) is 4.96. The number of anilines is 2. The predicted molar refractivity (Wildman–Crippen MR) is 151 cm³/mol. The summed E-state index contributed by atoms with van der Waals surface area (Å²) >= 11 is 6.42. The number of Topliss-reactive ketones (excluding diaryl/α,β-unsaturated/α-hetero) is 1. The third-order valence-electron chi connectivity index (χ3n) is 7.30. The monoisotopic (exact) mass is 530 g/mol. The normalized spacial score (nSPS) is 18.9.